The molecule has 1 aromatic carbocycles. The summed E-state index contributed by atoms with van der Waals surface area (Å²) in [5.74, 6) is 2.70. The van der Waals surface area contributed by atoms with Crippen LogP contribution in [-0.4, -0.2) is 62.8 Å². The van der Waals surface area contributed by atoms with E-state index in [0.717, 1.165) is 68.6 Å². The molecule has 22 heavy (non-hydrogen) atoms. The van der Waals surface area contributed by atoms with Gasteiger partial charge in [-0.15, -0.1) is 0 Å². The van der Waals surface area contributed by atoms with Crippen molar-refractivity contribution < 1.29 is 4.74 Å². The van der Waals surface area contributed by atoms with Gasteiger partial charge in [-0.3, -0.25) is 0 Å². The van der Waals surface area contributed by atoms with Gasteiger partial charge in [-0.2, -0.15) is 25.3 Å². The third-order valence-electron chi connectivity index (χ3n) is 3.38. The lowest BCUT2D eigenvalue weighted by Gasteiger charge is -2.20. The lowest BCUT2D eigenvalue weighted by molar-refractivity contribution is 0.303. The molecule has 0 unspecified atom stereocenters. The van der Waals surface area contributed by atoms with Gasteiger partial charge in [0.15, 0.2) is 0 Å². The number of methoxy groups -OCH3 is 1. The van der Waals surface area contributed by atoms with Gasteiger partial charge in [-0.05, 0) is 31.6 Å². The Balaban J connectivity index is 2.08. The van der Waals surface area contributed by atoms with Crippen molar-refractivity contribution in [3.63, 3.8) is 0 Å². The smallest absolute Gasteiger partial charge is 0.141 e. The van der Waals surface area contributed by atoms with Crippen molar-refractivity contribution in [2.75, 3.05) is 63.2 Å². The summed E-state index contributed by atoms with van der Waals surface area (Å²) in [6, 6.07) is 7.98. The number of nitrogens with zero attached hydrogens (tertiary/aromatic N) is 1. The van der Waals surface area contributed by atoms with Gasteiger partial charge in [-0.25, -0.2) is 0 Å². The summed E-state index contributed by atoms with van der Waals surface area (Å²) in [6.45, 7) is 6.05. The first kappa shape index (κ1) is 19.5. The number of ether oxygens (including phenoxy) is 1. The molecule has 1 aromatic rings. The van der Waals surface area contributed by atoms with Crippen molar-refractivity contribution in [1.29, 1.82) is 0 Å². The number of hydrogen-bond acceptors (Lipinski definition) is 6. The summed E-state index contributed by atoms with van der Waals surface area (Å²) in [6.07, 6.45) is 1.15. The molecule has 0 radical (unpaired) electrons. The SMILES string of the molecule is COc1ccccc1NCCNCCCN(CCS)CCS. The van der Waals surface area contributed by atoms with E-state index in [0.29, 0.717) is 0 Å². The molecular formula is C16H29N3OS2. The van der Waals surface area contributed by atoms with Crippen molar-refractivity contribution in [2.24, 2.45) is 0 Å². The van der Waals surface area contributed by atoms with E-state index in [2.05, 4.69) is 40.8 Å². The van der Waals surface area contributed by atoms with E-state index < -0.39 is 0 Å². The van der Waals surface area contributed by atoms with Crippen LogP contribution in [0.4, 0.5) is 5.69 Å². The molecule has 0 aliphatic heterocycles. The molecular weight excluding hydrogens is 314 g/mol. The fraction of sp³-hybridized carbons (Fsp3) is 0.625. The zero-order valence-electron chi connectivity index (χ0n) is 13.4. The van der Waals surface area contributed by atoms with Gasteiger partial charge in [0.2, 0.25) is 0 Å². The van der Waals surface area contributed by atoms with Crippen molar-refractivity contribution in [3.8, 4) is 5.75 Å². The van der Waals surface area contributed by atoms with Gasteiger partial charge in [0.25, 0.3) is 0 Å². The van der Waals surface area contributed by atoms with Crippen LogP contribution in [0.15, 0.2) is 24.3 Å². The largest absolute Gasteiger partial charge is 0.495 e. The molecule has 0 aromatic heterocycles. The minimum Gasteiger partial charge on any atom is -0.495 e. The summed E-state index contributed by atoms with van der Waals surface area (Å²) < 4.78 is 5.31. The molecule has 126 valence electrons. The number of anilines is 1. The topological polar surface area (TPSA) is 36.5 Å². The second kappa shape index (κ2) is 12.9. The molecule has 0 saturated carbocycles. The number of rotatable bonds is 13. The predicted molar refractivity (Wildman–Crippen MR) is 103 cm³/mol. The molecule has 2 N–H and O–H groups in total. The van der Waals surface area contributed by atoms with Crippen molar-refractivity contribution >= 4 is 30.9 Å². The average molecular weight is 344 g/mol. The minimum absolute atomic E-state index is 0.886. The molecule has 0 atom stereocenters. The van der Waals surface area contributed by atoms with E-state index in [-0.39, 0.29) is 0 Å². The van der Waals surface area contributed by atoms with Crippen LogP contribution in [0.25, 0.3) is 0 Å². The molecule has 4 nitrogen and oxygen atoms in total. The minimum atomic E-state index is 0.886. The number of hydrogen-bond donors (Lipinski definition) is 4. The summed E-state index contributed by atoms with van der Waals surface area (Å²) in [5, 5.41) is 6.85. The highest BCUT2D eigenvalue weighted by atomic mass is 32.1. The molecule has 0 aliphatic carbocycles. The first-order valence-corrected chi connectivity index (χ1v) is 9.10. The zero-order valence-corrected chi connectivity index (χ0v) is 15.2. The van der Waals surface area contributed by atoms with Crippen LogP contribution in [0.3, 0.4) is 0 Å². The van der Waals surface area contributed by atoms with Gasteiger partial charge in [0.1, 0.15) is 5.75 Å². The van der Waals surface area contributed by atoms with Crippen LogP contribution in [0.2, 0.25) is 0 Å². The Morgan fingerprint density at radius 3 is 2.41 bits per heavy atom. The third kappa shape index (κ3) is 8.17. The third-order valence-corrected chi connectivity index (χ3v) is 3.78. The van der Waals surface area contributed by atoms with Crippen molar-refractivity contribution in [3.05, 3.63) is 24.3 Å². The van der Waals surface area contributed by atoms with Crippen LogP contribution < -0.4 is 15.4 Å². The van der Waals surface area contributed by atoms with Crippen LogP contribution in [0.1, 0.15) is 6.42 Å². The van der Waals surface area contributed by atoms with E-state index in [1.807, 2.05) is 24.3 Å². The summed E-state index contributed by atoms with van der Waals surface area (Å²) in [5.41, 5.74) is 1.04. The van der Waals surface area contributed by atoms with Crippen LogP contribution in [0, 0.1) is 0 Å². The van der Waals surface area contributed by atoms with E-state index in [4.69, 9.17) is 4.74 Å². The maximum absolute atomic E-state index is 5.31. The van der Waals surface area contributed by atoms with Gasteiger partial charge in [0, 0.05) is 37.7 Å². The Labute approximate surface area is 145 Å². The maximum Gasteiger partial charge on any atom is 0.141 e. The molecule has 6 heteroatoms. The predicted octanol–water partition coefficient (Wildman–Crippen LogP) is 2.25. The standard InChI is InChI=1S/C16H29N3OS2/c1-20-16-6-3-2-5-15(16)18-9-8-17-7-4-10-19(11-13-21)12-14-22/h2-3,5-6,17-18,21-22H,4,7-14H2,1H3. The Hall–Kier alpha value is -0.560. The van der Waals surface area contributed by atoms with E-state index >= 15 is 0 Å². The Morgan fingerprint density at radius 2 is 1.73 bits per heavy atom. The van der Waals surface area contributed by atoms with Crippen LogP contribution in [0.5, 0.6) is 5.75 Å². The lowest BCUT2D eigenvalue weighted by Crippen LogP contribution is -2.32. The average Bonchev–Trinajstić information content (AvgIpc) is 2.54. The number of para-hydroxylation sites is 2. The van der Waals surface area contributed by atoms with Crippen LogP contribution in [-0.2, 0) is 0 Å². The number of nitrogens with one attached hydrogen (secondary N) is 2. The quantitative estimate of drug-likeness (QED) is 0.327. The maximum atomic E-state index is 5.31. The van der Waals surface area contributed by atoms with E-state index in [1.165, 1.54) is 0 Å². The zero-order chi connectivity index (χ0) is 16.0. The summed E-state index contributed by atoms with van der Waals surface area (Å²) >= 11 is 8.59. The molecule has 0 heterocycles. The van der Waals surface area contributed by atoms with E-state index in [1.54, 1.807) is 7.11 Å². The Morgan fingerprint density at radius 1 is 1.00 bits per heavy atom. The van der Waals surface area contributed by atoms with Crippen LogP contribution >= 0.6 is 25.3 Å². The highest BCUT2D eigenvalue weighted by Crippen LogP contribution is 2.22. The fourth-order valence-corrected chi connectivity index (χ4v) is 2.81. The molecule has 0 fully saturated rings. The highest BCUT2D eigenvalue weighted by molar-refractivity contribution is 7.80. The second-order valence-electron chi connectivity index (χ2n) is 5.02. The Bertz CT molecular complexity index is 387. The fourth-order valence-electron chi connectivity index (χ4n) is 2.25. The first-order chi connectivity index (χ1) is 10.8. The molecule has 0 bridgehead atoms. The monoisotopic (exact) mass is 343 g/mol. The number of benzene rings is 1. The molecule has 0 saturated heterocycles. The highest BCUT2D eigenvalue weighted by Gasteiger charge is 2.02. The molecule has 0 amide bonds. The molecule has 1 rings (SSSR count). The van der Waals surface area contributed by atoms with Gasteiger partial charge < -0.3 is 20.3 Å². The normalized spacial score (nSPS) is 10.9. The van der Waals surface area contributed by atoms with Gasteiger partial charge in [0.05, 0.1) is 12.8 Å². The van der Waals surface area contributed by atoms with Crippen molar-refractivity contribution in [2.45, 2.75) is 6.42 Å². The first-order valence-electron chi connectivity index (χ1n) is 7.83. The summed E-state index contributed by atoms with van der Waals surface area (Å²) in [7, 11) is 1.69. The Kier molecular flexibility index (Phi) is 11.5. The van der Waals surface area contributed by atoms with Crippen molar-refractivity contribution in [1.82, 2.24) is 10.2 Å². The molecule has 0 spiro atoms. The van der Waals surface area contributed by atoms with Gasteiger partial charge in [-0.1, -0.05) is 12.1 Å². The second-order valence-corrected chi connectivity index (χ2v) is 5.91. The van der Waals surface area contributed by atoms with E-state index in [9.17, 15) is 0 Å². The van der Waals surface area contributed by atoms with Gasteiger partial charge >= 0.3 is 0 Å². The summed E-state index contributed by atoms with van der Waals surface area (Å²) in [4.78, 5) is 2.41. The lowest BCUT2D eigenvalue weighted by atomic mass is 10.3. The number of thiol groups is 2. The molecule has 0 aliphatic rings.